The second-order valence-corrected chi connectivity index (χ2v) is 5.37. The van der Waals surface area contributed by atoms with Gasteiger partial charge in [-0.25, -0.2) is 13.8 Å². The predicted octanol–water partition coefficient (Wildman–Crippen LogP) is 4.25. The normalized spacial score (nSPS) is 11.2. The number of aromatic nitrogens is 2. The lowest BCUT2D eigenvalue weighted by Crippen LogP contribution is -2.05. The molecule has 0 saturated heterocycles. The summed E-state index contributed by atoms with van der Waals surface area (Å²) in [6.07, 6.45) is 0. The van der Waals surface area contributed by atoms with E-state index in [0.717, 1.165) is 5.56 Å². The van der Waals surface area contributed by atoms with Crippen LogP contribution in [0.25, 0.3) is 11.0 Å². The summed E-state index contributed by atoms with van der Waals surface area (Å²) >= 11 is 11.5. The average Bonchev–Trinajstić information content (AvgIpc) is 2.71. The Kier molecular flexibility index (Phi) is 3.47. The molecule has 0 aliphatic carbocycles. The van der Waals surface area contributed by atoms with E-state index in [4.69, 9.17) is 28.9 Å². The molecule has 0 fully saturated rings. The molecule has 0 atom stereocenters. The number of benzene rings is 2. The van der Waals surface area contributed by atoms with Crippen LogP contribution < -0.4 is 5.73 Å². The average molecular weight is 328 g/mol. The van der Waals surface area contributed by atoms with Crippen molar-refractivity contribution in [2.45, 2.75) is 6.54 Å². The van der Waals surface area contributed by atoms with E-state index in [1.807, 2.05) is 0 Å². The molecule has 1 aromatic heterocycles. The zero-order valence-corrected chi connectivity index (χ0v) is 12.1. The predicted molar refractivity (Wildman–Crippen MR) is 79.6 cm³/mol. The molecule has 0 spiro atoms. The Morgan fingerprint density at radius 1 is 1.05 bits per heavy atom. The highest BCUT2D eigenvalue weighted by Gasteiger charge is 2.12. The summed E-state index contributed by atoms with van der Waals surface area (Å²) in [5.74, 6) is -0.837. The third-order valence-corrected chi connectivity index (χ3v) is 3.72. The third kappa shape index (κ3) is 2.54. The lowest BCUT2D eigenvalue weighted by atomic mass is 10.2. The first-order chi connectivity index (χ1) is 9.95. The Labute approximate surface area is 128 Å². The highest BCUT2D eigenvalue weighted by atomic mass is 35.5. The summed E-state index contributed by atoms with van der Waals surface area (Å²) in [5.41, 5.74) is 7.58. The fourth-order valence-corrected chi connectivity index (χ4v) is 2.49. The molecule has 3 nitrogen and oxygen atoms in total. The van der Waals surface area contributed by atoms with Crippen molar-refractivity contribution in [2.24, 2.45) is 0 Å². The van der Waals surface area contributed by atoms with Crippen LogP contribution >= 0.6 is 23.2 Å². The molecule has 0 amide bonds. The van der Waals surface area contributed by atoms with Crippen LogP contribution in [0.3, 0.4) is 0 Å². The van der Waals surface area contributed by atoms with Crippen molar-refractivity contribution in [3.05, 3.63) is 57.6 Å². The van der Waals surface area contributed by atoms with Gasteiger partial charge in [0.15, 0.2) is 0 Å². The van der Waals surface area contributed by atoms with Crippen LogP contribution in [0.15, 0.2) is 30.3 Å². The van der Waals surface area contributed by atoms with Gasteiger partial charge >= 0.3 is 0 Å². The first-order valence-electron chi connectivity index (χ1n) is 6.00. The number of fused-ring (bicyclic) bond motifs is 1. The van der Waals surface area contributed by atoms with Crippen LogP contribution in [-0.4, -0.2) is 9.55 Å². The van der Waals surface area contributed by atoms with E-state index in [1.165, 1.54) is 24.3 Å². The highest BCUT2D eigenvalue weighted by molar-refractivity contribution is 6.31. The van der Waals surface area contributed by atoms with Gasteiger partial charge in [0.2, 0.25) is 5.95 Å². The lowest BCUT2D eigenvalue weighted by molar-refractivity contribution is 0.626. The second-order valence-electron chi connectivity index (χ2n) is 4.56. The maximum Gasteiger partial charge on any atom is 0.201 e. The molecular weight excluding hydrogens is 319 g/mol. The molecule has 2 aromatic carbocycles. The highest BCUT2D eigenvalue weighted by Crippen LogP contribution is 2.26. The number of nitrogens with zero attached hydrogens (tertiary/aromatic N) is 2. The SMILES string of the molecule is Nc1nc2cc(Cl)c(F)cc2n1Cc1ccc(F)c(Cl)c1. The minimum absolute atomic E-state index is 0.0167. The monoisotopic (exact) mass is 327 g/mol. The number of nitrogen functional groups attached to an aromatic ring is 1. The van der Waals surface area contributed by atoms with E-state index >= 15 is 0 Å². The minimum atomic E-state index is -0.553. The van der Waals surface area contributed by atoms with Gasteiger partial charge in [-0.1, -0.05) is 29.3 Å². The van der Waals surface area contributed by atoms with Crippen molar-refractivity contribution in [1.29, 1.82) is 0 Å². The first kappa shape index (κ1) is 14.1. The first-order valence-corrected chi connectivity index (χ1v) is 6.76. The summed E-state index contributed by atoms with van der Waals surface area (Å²) in [7, 11) is 0. The van der Waals surface area contributed by atoms with E-state index < -0.39 is 11.6 Å². The number of imidazole rings is 1. The van der Waals surface area contributed by atoms with Crippen molar-refractivity contribution in [2.75, 3.05) is 5.73 Å². The van der Waals surface area contributed by atoms with E-state index in [1.54, 1.807) is 10.6 Å². The maximum atomic E-state index is 13.6. The molecule has 1 heterocycles. The number of nitrogens with two attached hydrogens (primary N) is 1. The summed E-state index contributed by atoms with van der Waals surface area (Å²) in [5, 5.41) is 0.00157. The fraction of sp³-hybridized carbons (Fsp3) is 0.0714. The molecule has 0 saturated carbocycles. The molecule has 0 radical (unpaired) electrons. The number of anilines is 1. The smallest absolute Gasteiger partial charge is 0.201 e. The molecule has 21 heavy (non-hydrogen) atoms. The van der Waals surface area contributed by atoms with Gasteiger partial charge in [-0.3, -0.25) is 0 Å². The van der Waals surface area contributed by atoms with Crippen LogP contribution in [0.4, 0.5) is 14.7 Å². The van der Waals surface area contributed by atoms with Crippen molar-refractivity contribution >= 4 is 40.2 Å². The summed E-state index contributed by atoms with van der Waals surface area (Å²) in [6, 6.07) is 7.03. The number of hydrogen-bond donors (Lipinski definition) is 1. The zero-order valence-electron chi connectivity index (χ0n) is 10.6. The molecule has 0 bridgehead atoms. The molecule has 108 valence electrons. The van der Waals surface area contributed by atoms with Gasteiger partial charge in [0.25, 0.3) is 0 Å². The maximum absolute atomic E-state index is 13.6. The van der Waals surface area contributed by atoms with Gasteiger partial charge < -0.3 is 10.3 Å². The standard InChI is InChI=1S/C14H9Cl2F2N3/c15-8-3-7(1-2-10(8)17)6-21-13-5-11(18)9(16)4-12(13)20-14(21)19/h1-5H,6H2,(H2,19,20). The van der Waals surface area contributed by atoms with Gasteiger partial charge in [-0.05, 0) is 23.8 Å². The van der Waals surface area contributed by atoms with Crippen molar-refractivity contribution in [1.82, 2.24) is 9.55 Å². The van der Waals surface area contributed by atoms with Gasteiger partial charge in [0.05, 0.1) is 27.6 Å². The molecule has 0 unspecified atom stereocenters. The van der Waals surface area contributed by atoms with Crippen molar-refractivity contribution in [3.8, 4) is 0 Å². The molecule has 3 aromatic rings. The summed E-state index contributed by atoms with van der Waals surface area (Å²) in [6.45, 7) is 0.295. The Bertz CT molecular complexity index is 846. The Hall–Kier alpha value is -1.85. The Balaban J connectivity index is 2.09. The van der Waals surface area contributed by atoms with Crippen molar-refractivity contribution in [3.63, 3.8) is 0 Å². The van der Waals surface area contributed by atoms with Gasteiger partial charge in [-0.2, -0.15) is 0 Å². The molecule has 0 aliphatic heterocycles. The Morgan fingerprint density at radius 3 is 2.48 bits per heavy atom. The molecule has 2 N–H and O–H groups in total. The van der Waals surface area contributed by atoms with Gasteiger partial charge in [0.1, 0.15) is 11.6 Å². The minimum Gasteiger partial charge on any atom is -0.369 e. The summed E-state index contributed by atoms with van der Waals surface area (Å²) < 4.78 is 28.4. The van der Waals surface area contributed by atoms with Crippen molar-refractivity contribution < 1.29 is 8.78 Å². The van der Waals surface area contributed by atoms with Crippen LogP contribution in [0.2, 0.25) is 10.0 Å². The third-order valence-electron chi connectivity index (χ3n) is 3.14. The van der Waals surface area contributed by atoms with Crippen LogP contribution in [0.5, 0.6) is 0 Å². The molecule has 3 rings (SSSR count). The topological polar surface area (TPSA) is 43.8 Å². The second kappa shape index (κ2) is 5.16. The largest absolute Gasteiger partial charge is 0.369 e. The van der Waals surface area contributed by atoms with Crippen LogP contribution in [0.1, 0.15) is 5.56 Å². The lowest BCUT2D eigenvalue weighted by Gasteiger charge is -2.07. The van der Waals surface area contributed by atoms with E-state index in [0.29, 0.717) is 17.6 Å². The number of rotatable bonds is 2. The fourth-order valence-electron chi connectivity index (χ4n) is 2.13. The molecular formula is C14H9Cl2F2N3. The molecule has 7 heteroatoms. The van der Waals surface area contributed by atoms with Crippen LogP contribution in [0, 0.1) is 11.6 Å². The zero-order chi connectivity index (χ0) is 15.1. The van der Waals surface area contributed by atoms with E-state index in [-0.39, 0.29) is 16.0 Å². The van der Waals surface area contributed by atoms with Gasteiger partial charge in [-0.15, -0.1) is 0 Å². The summed E-state index contributed by atoms with van der Waals surface area (Å²) in [4.78, 5) is 4.13. The van der Waals surface area contributed by atoms with E-state index in [2.05, 4.69) is 4.98 Å². The number of hydrogen-bond acceptors (Lipinski definition) is 2. The Morgan fingerprint density at radius 2 is 1.76 bits per heavy atom. The molecule has 0 aliphatic rings. The number of halogens is 4. The van der Waals surface area contributed by atoms with E-state index in [9.17, 15) is 8.78 Å². The van der Waals surface area contributed by atoms with Crippen LogP contribution in [-0.2, 0) is 6.54 Å². The quantitative estimate of drug-likeness (QED) is 0.764. The van der Waals surface area contributed by atoms with Gasteiger partial charge in [0, 0.05) is 6.07 Å².